The molecule has 2 aromatic rings. The van der Waals surface area contributed by atoms with Gasteiger partial charge in [0.15, 0.2) is 0 Å². The van der Waals surface area contributed by atoms with E-state index in [-0.39, 0.29) is 5.69 Å². The molecule has 0 fully saturated rings. The fourth-order valence-corrected chi connectivity index (χ4v) is 2.00. The Balaban J connectivity index is 2.30. The number of hydrogen-bond acceptors (Lipinski definition) is 6. The molecule has 1 amide bonds. The van der Waals surface area contributed by atoms with E-state index in [2.05, 4.69) is 15.3 Å². The summed E-state index contributed by atoms with van der Waals surface area (Å²) in [5.74, 6) is 0.461. The lowest BCUT2D eigenvalue weighted by Crippen LogP contribution is -2.16. The van der Waals surface area contributed by atoms with Crippen molar-refractivity contribution in [3.8, 4) is 17.0 Å². The molecule has 0 saturated carbocycles. The van der Waals surface area contributed by atoms with E-state index in [1.54, 1.807) is 20.3 Å². The highest BCUT2D eigenvalue weighted by molar-refractivity contribution is 5.92. The number of amides is 1. The van der Waals surface area contributed by atoms with E-state index in [1.165, 1.54) is 0 Å². The molecule has 1 aromatic carbocycles. The monoisotopic (exact) mass is 316 g/mol. The van der Waals surface area contributed by atoms with Crippen LogP contribution in [0.4, 0.5) is 5.95 Å². The van der Waals surface area contributed by atoms with Gasteiger partial charge in [0.1, 0.15) is 11.4 Å². The molecule has 122 valence electrons. The van der Waals surface area contributed by atoms with Gasteiger partial charge in [-0.3, -0.25) is 4.79 Å². The number of anilines is 1. The van der Waals surface area contributed by atoms with Crippen molar-refractivity contribution in [2.45, 2.75) is 6.42 Å². The molecule has 1 aromatic heterocycles. The number of aromatic nitrogens is 2. The third-order valence-corrected chi connectivity index (χ3v) is 3.15. The summed E-state index contributed by atoms with van der Waals surface area (Å²) in [6.07, 6.45) is 0.801. The summed E-state index contributed by atoms with van der Waals surface area (Å²) in [5.41, 5.74) is 6.93. The van der Waals surface area contributed by atoms with Crippen molar-refractivity contribution in [1.29, 1.82) is 0 Å². The van der Waals surface area contributed by atoms with Gasteiger partial charge >= 0.3 is 0 Å². The first-order valence-electron chi connectivity index (χ1n) is 7.20. The number of methoxy groups -OCH3 is 2. The van der Waals surface area contributed by atoms with Crippen LogP contribution in [0.1, 0.15) is 16.9 Å². The maximum atomic E-state index is 11.5. The van der Waals surface area contributed by atoms with Crippen LogP contribution in [0.3, 0.4) is 0 Å². The van der Waals surface area contributed by atoms with E-state index in [9.17, 15) is 4.79 Å². The molecule has 0 unspecified atom stereocenters. The molecule has 0 aliphatic carbocycles. The predicted octanol–water partition coefficient (Wildman–Crippen LogP) is 1.70. The molecule has 0 radical (unpaired) electrons. The first-order valence-corrected chi connectivity index (χ1v) is 7.20. The van der Waals surface area contributed by atoms with E-state index < -0.39 is 5.91 Å². The minimum absolute atomic E-state index is 0.159. The molecule has 0 bridgehead atoms. The Labute approximate surface area is 134 Å². The predicted molar refractivity (Wildman–Crippen MR) is 87.5 cm³/mol. The number of ether oxygens (including phenoxy) is 2. The fourth-order valence-electron chi connectivity index (χ4n) is 2.00. The lowest BCUT2D eigenvalue weighted by Gasteiger charge is -2.09. The molecule has 0 atom stereocenters. The highest BCUT2D eigenvalue weighted by Gasteiger charge is 2.11. The van der Waals surface area contributed by atoms with Gasteiger partial charge in [-0.05, 0) is 24.6 Å². The van der Waals surface area contributed by atoms with Crippen molar-refractivity contribution in [3.63, 3.8) is 0 Å². The number of nitrogens with zero attached hydrogens (tertiary/aromatic N) is 2. The van der Waals surface area contributed by atoms with E-state index in [4.69, 9.17) is 15.2 Å². The summed E-state index contributed by atoms with van der Waals surface area (Å²) >= 11 is 0. The minimum Gasteiger partial charge on any atom is -0.497 e. The molecule has 23 heavy (non-hydrogen) atoms. The molecule has 0 spiro atoms. The van der Waals surface area contributed by atoms with Gasteiger partial charge in [-0.1, -0.05) is 12.1 Å². The van der Waals surface area contributed by atoms with Crippen LogP contribution in [0.5, 0.6) is 5.75 Å². The second-order valence-corrected chi connectivity index (χ2v) is 4.83. The maximum Gasteiger partial charge on any atom is 0.267 e. The van der Waals surface area contributed by atoms with Gasteiger partial charge in [0.05, 0.1) is 12.8 Å². The Hall–Kier alpha value is -2.67. The molecule has 0 saturated heterocycles. The quantitative estimate of drug-likeness (QED) is 0.719. The Morgan fingerprint density at radius 2 is 2.09 bits per heavy atom. The van der Waals surface area contributed by atoms with E-state index in [0.717, 1.165) is 12.0 Å². The van der Waals surface area contributed by atoms with Crippen LogP contribution in [0, 0.1) is 0 Å². The standard InChI is InChI=1S/C16H20N4O3/c1-22-8-4-7-18-16-19-13(10-14(20-16)15(17)21)11-5-3-6-12(9-11)23-2/h3,5-6,9-10H,4,7-8H2,1-2H3,(H2,17,21)(H,18,19,20). The maximum absolute atomic E-state index is 11.5. The van der Waals surface area contributed by atoms with Crippen molar-refractivity contribution in [1.82, 2.24) is 9.97 Å². The highest BCUT2D eigenvalue weighted by atomic mass is 16.5. The van der Waals surface area contributed by atoms with Gasteiger partial charge in [-0.25, -0.2) is 9.97 Å². The van der Waals surface area contributed by atoms with Crippen molar-refractivity contribution < 1.29 is 14.3 Å². The fraction of sp³-hybridized carbons (Fsp3) is 0.312. The molecule has 1 heterocycles. The number of rotatable bonds is 8. The van der Waals surface area contributed by atoms with Gasteiger partial charge in [0.2, 0.25) is 5.95 Å². The van der Waals surface area contributed by atoms with E-state index >= 15 is 0 Å². The molecule has 2 rings (SSSR count). The molecular weight excluding hydrogens is 296 g/mol. The summed E-state index contributed by atoms with van der Waals surface area (Å²) in [7, 11) is 3.24. The van der Waals surface area contributed by atoms with Crippen LogP contribution >= 0.6 is 0 Å². The summed E-state index contributed by atoms with van der Waals surface area (Å²) in [6.45, 7) is 1.26. The zero-order chi connectivity index (χ0) is 16.7. The van der Waals surface area contributed by atoms with Gasteiger partial charge in [-0.15, -0.1) is 0 Å². The van der Waals surface area contributed by atoms with Gasteiger partial charge in [0.25, 0.3) is 5.91 Å². The summed E-state index contributed by atoms with van der Waals surface area (Å²) < 4.78 is 10.2. The first kappa shape index (κ1) is 16.7. The Morgan fingerprint density at radius 3 is 2.78 bits per heavy atom. The lowest BCUT2D eigenvalue weighted by atomic mass is 10.1. The van der Waals surface area contributed by atoms with Crippen molar-refractivity contribution in [2.75, 3.05) is 32.7 Å². The Bertz CT molecular complexity index is 676. The number of hydrogen-bond donors (Lipinski definition) is 2. The number of carbonyl (C=O) groups excluding carboxylic acids is 1. The van der Waals surface area contributed by atoms with Crippen LogP contribution in [-0.4, -0.2) is 43.2 Å². The van der Waals surface area contributed by atoms with Gasteiger partial charge in [-0.2, -0.15) is 0 Å². The van der Waals surface area contributed by atoms with Crippen LogP contribution < -0.4 is 15.8 Å². The van der Waals surface area contributed by atoms with E-state index in [1.807, 2.05) is 24.3 Å². The number of nitrogens with one attached hydrogen (secondary N) is 1. The van der Waals surface area contributed by atoms with Gasteiger partial charge < -0.3 is 20.5 Å². The molecule has 0 aliphatic rings. The number of benzene rings is 1. The normalized spacial score (nSPS) is 10.3. The van der Waals surface area contributed by atoms with Crippen molar-refractivity contribution in [2.24, 2.45) is 5.73 Å². The van der Waals surface area contributed by atoms with Crippen LogP contribution in [0.25, 0.3) is 11.3 Å². The highest BCUT2D eigenvalue weighted by Crippen LogP contribution is 2.23. The zero-order valence-corrected chi connectivity index (χ0v) is 13.2. The number of carbonyl (C=O) groups is 1. The Kier molecular flexibility index (Phi) is 5.87. The first-order chi connectivity index (χ1) is 11.1. The largest absolute Gasteiger partial charge is 0.497 e. The second-order valence-electron chi connectivity index (χ2n) is 4.83. The Morgan fingerprint density at radius 1 is 1.26 bits per heavy atom. The third kappa shape index (κ3) is 4.65. The summed E-state index contributed by atoms with van der Waals surface area (Å²) in [5, 5.41) is 3.07. The third-order valence-electron chi connectivity index (χ3n) is 3.15. The minimum atomic E-state index is -0.600. The average Bonchev–Trinajstić information content (AvgIpc) is 2.58. The van der Waals surface area contributed by atoms with Gasteiger partial charge in [0, 0.05) is 25.8 Å². The smallest absolute Gasteiger partial charge is 0.267 e. The average molecular weight is 316 g/mol. The molecule has 7 nitrogen and oxygen atoms in total. The molecule has 7 heteroatoms. The topological polar surface area (TPSA) is 99.4 Å². The van der Waals surface area contributed by atoms with Crippen LogP contribution in [-0.2, 0) is 4.74 Å². The number of nitrogens with two attached hydrogens (primary N) is 1. The molecule has 3 N–H and O–H groups in total. The number of primary amides is 1. The van der Waals surface area contributed by atoms with Crippen molar-refractivity contribution >= 4 is 11.9 Å². The van der Waals surface area contributed by atoms with Crippen LogP contribution in [0.15, 0.2) is 30.3 Å². The van der Waals surface area contributed by atoms with Crippen molar-refractivity contribution in [3.05, 3.63) is 36.0 Å². The second kappa shape index (κ2) is 8.09. The summed E-state index contributed by atoms with van der Waals surface area (Å²) in [4.78, 5) is 20.1. The SMILES string of the molecule is COCCCNc1nc(C(N)=O)cc(-c2cccc(OC)c2)n1. The lowest BCUT2D eigenvalue weighted by molar-refractivity contribution is 0.0995. The zero-order valence-electron chi connectivity index (χ0n) is 13.2. The molecule has 0 aliphatic heterocycles. The van der Waals surface area contributed by atoms with Crippen LogP contribution in [0.2, 0.25) is 0 Å². The molecular formula is C16H20N4O3. The summed E-state index contributed by atoms with van der Waals surface area (Å²) in [6, 6.07) is 8.97. The van der Waals surface area contributed by atoms with E-state index in [0.29, 0.717) is 30.5 Å².